The molecule has 6 nitrogen and oxygen atoms in total. The van der Waals surface area contributed by atoms with Crippen LogP contribution in [0.25, 0.3) is 16.7 Å². The highest BCUT2D eigenvalue weighted by Crippen LogP contribution is 2.21. The van der Waals surface area contributed by atoms with Crippen LogP contribution in [0.15, 0.2) is 42.9 Å². The van der Waals surface area contributed by atoms with Gasteiger partial charge in [0.1, 0.15) is 12.1 Å². The molecule has 2 aromatic heterocycles. The second kappa shape index (κ2) is 5.26. The van der Waals surface area contributed by atoms with E-state index >= 15 is 0 Å². The SMILES string of the molecule is CC(O)CNc1ncnc2c1cnn2-c1ccccc1. The van der Waals surface area contributed by atoms with Crippen molar-refractivity contribution in [1.29, 1.82) is 0 Å². The molecule has 0 saturated heterocycles. The van der Waals surface area contributed by atoms with Crippen molar-refractivity contribution in [2.45, 2.75) is 13.0 Å². The number of nitrogens with zero attached hydrogens (tertiary/aromatic N) is 4. The van der Waals surface area contributed by atoms with Crippen molar-refractivity contribution < 1.29 is 5.11 Å². The Labute approximate surface area is 116 Å². The van der Waals surface area contributed by atoms with E-state index in [9.17, 15) is 5.11 Å². The van der Waals surface area contributed by atoms with Crippen molar-refractivity contribution in [3.63, 3.8) is 0 Å². The number of anilines is 1. The fourth-order valence-electron chi connectivity index (χ4n) is 1.99. The molecule has 0 bridgehead atoms. The van der Waals surface area contributed by atoms with Crippen LogP contribution in [0.2, 0.25) is 0 Å². The van der Waals surface area contributed by atoms with Gasteiger partial charge in [-0.25, -0.2) is 14.6 Å². The molecule has 6 heteroatoms. The Hall–Kier alpha value is -2.47. The first-order chi connectivity index (χ1) is 9.75. The van der Waals surface area contributed by atoms with Crippen LogP contribution in [0.5, 0.6) is 0 Å². The highest BCUT2D eigenvalue weighted by Gasteiger charge is 2.10. The van der Waals surface area contributed by atoms with Gasteiger partial charge in [-0.2, -0.15) is 5.10 Å². The van der Waals surface area contributed by atoms with Crippen LogP contribution < -0.4 is 5.32 Å². The smallest absolute Gasteiger partial charge is 0.168 e. The van der Waals surface area contributed by atoms with Crippen molar-refractivity contribution in [2.24, 2.45) is 0 Å². The number of hydrogen-bond donors (Lipinski definition) is 2. The van der Waals surface area contributed by atoms with Gasteiger partial charge in [-0.15, -0.1) is 0 Å². The van der Waals surface area contributed by atoms with Crippen molar-refractivity contribution in [3.8, 4) is 5.69 Å². The zero-order valence-corrected chi connectivity index (χ0v) is 11.1. The van der Waals surface area contributed by atoms with Crippen LogP contribution in [0.1, 0.15) is 6.92 Å². The zero-order valence-electron chi connectivity index (χ0n) is 11.1. The van der Waals surface area contributed by atoms with Gasteiger partial charge in [0.25, 0.3) is 0 Å². The summed E-state index contributed by atoms with van der Waals surface area (Å²) in [6.45, 7) is 2.15. The van der Waals surface area contributed by atoms with Crippen LogP contribution in [0.3, 0.4) is 0 Å². The standard InChI is InChI=1S/C14H15N5O/c1-10(20)7-15-13-12-8-18-19(14(12)17-9-16-13)11-5-3-2-4-6-11/h2-6,8-10,20H,7H2,1H3,(H,15,16,17). The molecule has 0 aliphatic carbocycles. The van der Waals surface area contributed by atoms with E-state index in [0.29, 0.717) is 12.4 Å². The number of para-hydroxylation sites is 1. The summed E-state index contributed by atoms with van der Waals surface area (Å²) >= 11 is 0. The van der Waals surface area contributed by atoms with E-state index in [1.165, 1.54) is 6.33 Å². The fraction of sp³-hybridized carbons (Fsp3) is 0.214. The molecule has 0 amide bonds. The molecule has 0 spiro atoms. The van der Waals surface area contributed by atoms with Gasteiger partial charge in [0.2, 0.25) is 0 Å². The van der Waals surface area contributed by atoms with E-state index in [2.05, 4.69) is 20.4 Å². The highest BCUT2D eigenvalue weighted by molar-refractivity contribution is 5.87. The molecule has 0 aliphatic rings. The summed E-state index contributed by atoms with van der Waals surface area (Å²) in [5.41, 5.74) is 1.68. The van der Waals surface area contributed by atoms with Gasteiger partial charge in [0.05, 0.1) is 23.4 Å². The largest absolute Gasteiger partial charge is 0.392 e. The second-order valence-electron chi connectivity index (χ2n) is 4.58. The number of aromatic nitrogens is 4. The third-order valence-electron chi connectivity index (χ3n) is 2.93. The van der Waals surface area contributed by atoms with Gasteiger partial charge in [-0.05, 0) is 19.1 Å². The second-order valence-corrected chi connectivity index (χ2v) is 4.58. The number of aliphatic hydroxyl groups excluding tert-OH is 1. The van der Waals surface area contributed by atoms with Crippen LogP contribution >= 0.6 is 0 Å². The average Bonchev–Trinajstić information content (AvgIpc) is 2.90. The van der Waals surface area contributed by atoms with Gasteiger partial charge in [0, 0.05) is 6.54 Å². The van der Waals surface area contributed by atoms with E-state index in [1.54, 1.807) is 17.8 Å². The Balaban J connectivity index is 2.03. The Morgan fingerprint density at radius 2 is 2.05 bits per heavy atom. The van der Waals surface area contributed by atoms with Gasteiger partial charge in [-0.1, -0.05) is 18.2 Å². The lowest BCUT2D eigenvalue weighted by Gasteiger charge is -2.08. The first-order valence-corrected chi connectivity index (χ1v) is 6.42. The first-order valence-electron chi connectivity index (χ1n) is 6.42. The van der Waals surface area contributed by atoms with Crippen molar-refractivity contribution in [2.75, 3.05) is 11.9 Å². The quantitative estimate of drug-likeness (QED) is 0.752. The predicted octanol–water partition coefficient (Wildman–Crippen LogP) is 1.61. The molecule has 0 radical (unpaired) electrons. The molecule has 1 atom stereocenters. The lowest BCUT2D eigenvalue weighted by atomic mass is 10.3. The topological polar surface area (TPSA) is 75.9 Å². The van der Waals surface area contributed by atoms with Gasteiger partial charge < -0.3 is 10.4 Å². The molecule has 3 rings (SSSR count). The predicted molar refractivity (Wildman–Crippen MR) is 76.8 cm³/mol. The third-order valence-corrected chi connectivity index (χ3v) is 2.93. The lowest BCUT2D eigenvalue weighted by molar-refractivity contribution is 0.208. The van der Waals surface area contributed by atoms with Crippen LogP contribution in [-0.2, 0) is 0 Å². The molecule has 3 aromatic rings. The third kappa shape index (κ3) is 2.33. The maximum absolute atomic E-state index is 9.34. The van der Waals surface area contributed by atoms with Gasteiger partial charge >= 0.3 is 0 Å². The molecule has 20 heavy (non-hydrogen) atoms. The Bertz CT molecular complexity index is 708. The summed E-state index contributed by atoms with van der Waals surface area (Å²) in [5, 5.41) is 17.6. The van der Waals surface area contributed by atoms with E-state index in [1.807, 2.05) is 30.3 Å². The Morgan fingerprint density at radius 3 is 2.80 bits per heavy atom. The number of rotatable bonds is 4. The first kappa shape index (κ1) is 12.6. The summed E-state index contributed by atoms with van der Waals surface area (Å²) in [4.78, 5) is 8.49. The van der Waals surface area contributed by atoms with Crippen LogP contribution in [0.4, 0.5) is 5.82 Å². The Morgan fingerprint density at radius 1 is 1.25 bits per heavy atom. The summed E-state index contributed by atoms with van der Waals surface area (Å²) < 4.78 is 1.77. The minimum atomic E-state index is -0.441. The number of fused-ring (bicyclic) bond motifs is 1. The van der Waals surface area contributed by atoms with Crippen LogP contribution in [0, 0.1) is 0 Å². The fourth-order valence-corrected chi connectivity index (χ4v) is 1.99. The van der Waals surface area contributed by atoms with E-state index in [-0.39, 0.29) is 0 Å². The van der Waals surface area contributed by atoms with Crippen molar-refractivity contribution >= 4 is 16.9 Å². The lowest BCUT2D eigenvalue weighted by Crippen LogP contribution is -2.16. The molecular formula is C14H15N5O. The molecule has 2 N–H and O–H groups in total. The van der Waals surface area contributed by atoms with E-state index in [4.69, 9.17) is 0 Å². The number of nitrogens with one attached hydrogen (secondary N) is 1. The molecular weight excluding hydrogens is 254 g/mol. The van der Waals surface area contributed by atoms with Gasteiger partial charge in [0.15, 0.2) is 5.65 Å². The number of benzene rings is 1. The minimum absolute atomic E-state index is 0.433. The average molecular weight is 269 g/mol. The number of hydrogen-bond acceptors (Lipinski definition) is 5. The Kier molecular flexibility index (Phi) is 3.30. The zero-order chi connectivity index (χ0) is 13.9. The van der Waals surface area contributed by atoms with Gasteiger partial charge in [-0.3, -0.25) is 0 Å². The van der Waals surface area contributed by atoms with Crippen LogP contribution in [-0.4, -0.2) is 37.5 Å². The molecule has 0 fully saturated rings. The summed E-state index contributed by atoms with van der Waals surface area (Å²) in [5.74, 6) is 0.679. The number of aliphatic hydroxyl groups is 1. The maximum atomic E-state index is 9.34. The normalized spacial score (nSPS) is 12.5. The summed E-state index contributed by atoms with van der Waals surface area (Å²) in [6, 6.07) is 9.81. The van der Waals surface area contributed by atoms with E-state index < -0.39 is 6.10 Å². The molecule has 0 aliphatic heterocycles. The maximum Gasteiger partial charge on any atom is 0.168 e. The molecule has 102 valence electrons. The summed E-state index contributed by atoms with van der Waals surface area (Å²) in [6.07, 6.45) is 2.78. The molecule has 1 unspecified atom stereocenters. The van der Waals surface area contributed by atoms with Crippen molar-refractivity contribution in [3.05, 3.63) is 42.9 Å². The summed E-state index contributed by atoms with van der Waals surface area (Å²) in [7, 11) is 0. The van der Waals surface area contributed by atoms with E-state index in [0.717, 1.165) is 16.7 Å². The molecule has 0 saturated carbocycles. The monoisotopic (exact) mass is 269 g/mol. The molecule has 1 aromatic carbocycles. The minimum Gasteiger partial charge on any atom is -0.392 e. The van der Waals surface area contributed by atoms with Crippen molar-refractivity contribution in [1.82, 2.24) is 19.7 Å². The highest BCUT2D eigenvalue weighted by atomic mass is 16.3. The molecule has 2 heterocycles.